The van der Waals surface area contributed by atoms with E-state index in [-0.39, 0.29) is 5.75 Å². The normalized spacial score (nSPS) is 14.4. The van der Waals surface area contributed by atoms with E-state index in [1.807, 2.05) is 13.1 Å². The molecule has 0 aromatic heterocycles. The monoisotopic (exact) mass is 237 g/mol. The molecule has 0 heterocycles. The van der Waals surface area contributed by atoms with Crippen LogP contribution in [0.3, 0.4) is 0 Å². The van der Waals surface area contributed by atoms with Crippen molar-refractivity contribution in [2.75, 3.05) is 18.5 Å². The Kier molecular flexibility index (Phi) is 4.82. The fourth-order valence-corrected chi connectivity index (χ4v) is 1.82. The van der Waals surface area contributed by atoms with E-state index in [4.69, 9.17) is 0 Å². The zero-order chi connectivity index (χ0) is 13.0. The largest absolute Gasteiger partial charge is 0.507 e. The van der Waals surface area contributed by atoms with Crippen molar-refractivity contribution in [1.29, 1.82) is 0 Å². The number of phenolic OH excluding ortho intramolecular Hbond substituents is 1. The first-order chi connectivity index (χ1) is 7.95. The van der Waals surface area contributed by atoms with Crippen molar-refractivity contribution < 1.29 is 10.2 Å². The van der Waals surface area contributed by atoms with Gasteiger partial charge in [-0.05, 0) is 18.9 Å². The van der Waals surface area contributed by atoms with Gasteiger partial charge in [0.05, 0.1) is 6.10 Å². The van der Waals surface area contributed by atoms with Gasteiger partial charge in [0.1, 0.15) is 5.75 Å². The Morgan fingerprint density at radius 3 is 2.41 bits per heavy atom. The molecule has 0 spiro atoms. The number of phenols is 1. The highest BCUT2D eigenvalue weighted by Gasteiger charge is 2.11. The predicted octanol–water partition coefficient (Wildman–Crippen LogP) is 2.93. The zero-order valence-electron chi connectivity index (χ0n) is 11.1. The van der Waals surface area contributed by atoms with Gasteiger partial charge in [0.15, 0.2) is 0 Å². The second-order valence-corrected chi connectivity index (χ2v) is 4.81. The quantitative estimate of drug-likeness (QED) is 0.827. The fourth-order valence-electron chi connectivity index (χ4n) is 1.82. The number of hydrogen-bond donors (Lipinski definition) is 2. The average Bonchev–Trinajstić information content (AvgIpc) is 2.28. The third-order valence-electron chi connectivity index (χ3n) is 3.19. The van der Waals surface area contributed by atoms with Gasteiger partial charge in [0.25, 0.3) is 0 Å². The molecule has 0 fully saturated rings. The van der Waals surface area contributed by atoms with E-state index in [0.29, 0.717) is 11.5 Å². The lowest BCUT2D eigenvalue weighted by molar-refractivity contribution is 0.195. The van der Waals surface area contributed by atoms with Crippen molar-refractivity contribution in [2.45, 2.75) is 33.3 Å². The van der Waals surface area contributed by atoms with Crippen LogP contribution in [-0.4, -0.2) is 23.8 Å². The predicted molar refractivity (Wildman–Crippen MR) is 71.5 cm³/mol. The molecule has 0 aliphatic heterocycles. The standard InChI is InChI=1S/C14H23NO2/c1-5-10(2)9-15(4)12-6-7-13(11(3)16)14(17)8-12/h6-8,10-11,16-17H,5,9H2,1-4H3. The lowest BCUT2D eigenvalue weighted by Gasteiger charge is -2.23. The third kappa shape index (κ3) is 3.63. The van der Waals surface area contributed by atoms with E-state index in [2.05, 4.69) is 18.7 Å². The molecule has 0 aliphatic carbocycles. The number of rotatable bonds is 5. The SMILES string of the molecule is CCC(C)CN(C)c1ccc(C(C)O)c(O)c1. The van der Waals surface area contributed by atoms with Gasteiger partial charge < -0.3 is 15.1 Å². The van der Waals surface area contributed by atoms with Crippen LogP contribution >= 0.6 is 0 Å². The summed E-state index contributed by atoms with van der Waals surface area (Å²) in [6.45, 7) is 6.99. The van der Waals surface area contributed by atoms with Crippen LogP contribution in [0.2, 0.25) is 0 Å². The van der Waals surface area contributed by atoms with Crippen molar-refractivity contribution in [3.8, 4) is 5.75 Å². The van der Waals surface area contributed by atoms with Crippen LogP contribution in [-0.2, 0) is 0 Å². The van der Waals surface area contributed by atoms with Crippen LogP contribution in [0.1, 0.15) is 38.9 Å². The van der Waals surface area contributed by atoms with Crippen LogP contribution in [0.5, 0.6) is 5.75 Å². The van der Waals surface area contributed by atoms with Crippen LogP contribution in [0.15, 0.2) is 18.2 Å². The highest BCUT2D eigenvalue weighted by atomic mass is 16.3. The topological polar surface area (TPSA) is 43.7 Å². The number of benzene rings is 1. The summed E-state index contributed by atoms with van der Waals surface area (Å²) in [5, 5.41) is 19.3. The van der Waals surface area contributed by atoms with Crippen molar-refractivity contribution in [3.63, 3.8) is 0 Å². The minimum absolute atomic E-state index is 0.161. The summed E-state index contributed by atoms with van der Waals surface area (Å²) in [6, 6.07) is 5.43. The van der Waals surface area contributed by atoms with Crippen LogP contribution in [0, 0.1) is 5.92 Å². The number of hydrogen-bond acceptors (Lipinski definition) is 3. The van der Waals surface area contributed by atoms with Crippen molar-refractivity contribution in [3.05, 3.63) is 23.8 Å². The van der Waals surface area contributed by atoms with Gasteiger partial charge in [-0.25, -0.2) is 0 Å². The Bertz CT molecular complexity index is 363. The molecule has 0 aliphatic rings. The van der Waals surface area contributed by atoms with Gasteiger partial charge in [-0.2, -0.15) is 0 Å². The summed E-state index contributed by atoms with van der Waals surface area (Å²) >= 11 is 0. The van der Waals surface area contributed by atoms with E-state index in [1.54, 1.807) is 19.1 Å². The molecule has 17 heavy (non-hydrogen) atoms. The van der Waals surface area contributed by atoms with Crippen molar-refractivity contribution in [2.24, 2.45) is 5.92 Å². The Balaban J connectivity index is 2.82. The van der Waals surface area contributed by atoms with Crippen LogP contribution in [0.25, 0.3) is 0 Å². The van der Waals surface area contributed by atoms with Crippen molar-refractivity contribution >= 4 is 5.69 Å². The Labute approximate surface area is 104 Å². The second kappa shape index (κ2) is 5.92. The number of anilines is 1. The van der Waals surface area contributed by atoms with E-state index in [9.17, 15) is 10.2 Å². The van der Waals surface area contributed by atoms with Crippen LogP contribution in [0.4, 0.5) is 5.69 Å². The Morgan fingerprint density at radius 1 is 1.29 bits per heavy atom. The Morgan fingerprint density at radius 2 is 1.94 bits per heavy atom. The summed E-state index contributed by atoms with van der Waals surface area (Å²) in [5.74, 6) is 0.784. The summed E-state index contributed by atoms with van der Waals surface area (Å²) in [7, 11) is 2.02. The molecule has 3 nitrogen and oxygen atoms in total. The highest BCUT2D eigenvalue weighted by molar-refractivity contribution is 5.53. The lowest BCUT2D eigenvalue weighted by atomic mass is 10.1. The zero-order valence-corrected chi connectivity index (χ0v) is 11.1. The third-order valence-corrected chi connectivity index (χ3v) is 3.19. The molecule has 1 rings (SSSR count). The molecule has 3 heteroatoms. The summed E-state index contributed by atoms with van der Waals surface area (Å²) in [6.07, 6.45) is 0.506. The number of nitrogens with zero attached hydrogens (tertiary/aromatic N) is 1. The van der Waals surface area contributed by atoms with Crippen LogP contribution < -0.4 is 4.90 Å². The molecule has 1 aromatic carbocycles. The molecule has 1 aromatic rings. The molecule has 0 bridgehead atoms. The molecule has 2 N–H and O–H groups in total. The van der Waals surface area contributed by atoms with Gasteiger partial charge in [-0.15, -0.1) is 0 Å². The van der Waals surface area contributed by atoms with Crippen molar-refractivity contribution in [1.82, 2.24) is 0 Å². The van der Waals surface area contributed by atoms with E-state index < -0.39 is 6.10 Å². The fraction of sp³-hybridized carbons (Fsp3) is 0.571. The van der Waals surface area contributed by atoms with Gasteiger partial charge in [0.2, 0.25) is 0 Å². The molecule has 0 amide bonds. The first kappa shape index (κ1) is 13.8. The van der Waals surface area contributed by atoms with Gasteiger partial charge in [0, 0.05) is 30.9 Å². The smallest absolute Gasteiger partial charge is 0.123 e. The minimum atomic E-state index is -0.635. The summed E-state index contributed by atoms with van der Waals surface area (Å²) < 4.78 is 0. The number of aliphatic hydroxyl groups excluding tert-OH is 1. The van der Waals surface area contributed by atoms with E-state index in [0.717, 1.165) is 18.7 Å². The summed E-state index contributed by atoms with van der Waals surface area (Å²) in [4.78, 5) is 2.12. The maximum atomic E-state index is 9.82. The molecule has 2 atom stereocenters. The Hall–Kier alpha value is -1.22. The first-order valence-corrected chi connectivity index (χ1v) is 6.17. The molecule has 0 saturated carbocycles. The lowest BCUT2D eigenvalue weighted by Crippen LogP contribution is -2.23. The van der Waals surface area contributed by atoms with Gasteiger partial charge >= 0.3 is 0 Å². The van der Waals surface area contributed by atoms with E-state index in [1.165, 1.54) is 0 Å². The number of aliphatic hydroxyl groups is 1. The summed E-state index contributed by atoms with van der Waals surface area (Å²) in [5.41, 5.74) is 1.55. The minimum Gasteiger partial charge on any atom is -0.507 e. The maximum absolute atomic E-state index is 9.82. The second-order valence-electron chi connectivity index (χ2n) is 4.81. The average molecular weight is 237 g/mol. The maximum Gasteiger partial charge on any atom is 0.123 e. The molecular weight excluding hydrogens is 214 g/mol. The molecule has 96 valence electrons. The van der Waals surface area contributed by atoms with Gasteiger partial charge in [-0.3, -0.25) is 0 Å². The highest BCUT2D eigenvalue weighted by Crippen LogP contribution is 2.28. The molecule has 0 radical (unpaired) electrons. The molecular formula is C14H23NO2. The van der Waals surface area contributed by atoms with Gasteiger partial charge in [-0.1, -0.05) is 26.3 Å². The molecule has 0 saturated heterocycles. The van der Waals surface area contributed by atoms with E-state index >= 15 is 0 Å². The first-order valence-electron chi connectivity index (χ1n) is 6.17. The molecule has 2 unspecified atom stereocenters. The number of aromatic hydroxyl groups is 1.